The molecular formula is C33H34ClN3O4S. The fourth-order valence-electron chi connectivity index (χ4n) is 4.87. The summed E-state index contributed by atoms with van der Waals surface area (Å²) < 4.78 is 29.2. The molecule has 0 heterocycles. The third-order valence-electron chi connectivity index (χ3n) is 6.92. The van der Waals surface area contributed by atoms with Gasteiger partial charge < -0.3 is 10.2 Å². The zero-order valence-corrected chi connectivity index (χ0v) is 25.4. The van der Waals surface area contributed by atoms with Crippen LogP contribution in [0, 0.1) is 13.8 Å². The molecule has 9 heteroatoms. The summed E-state index contributed by atoms with van der Waals surface area (Å²) in [6.45, 7) is 3.23. The first-order chi connectivity index (χ1) is 20.1. The minimum Gasteiger partial charge on any atom is -0.357 e. The van der Waals surface area contributed by atoms with Gasteiger partial charge in [0.2, 0.25) is 11.8 Å². The lowest BCUT2D eigenvalue weighted by Crippen LogP contribution is -2.53. The van der Waals surface area contributed by atoms with Gasteiger partial charge in [-0.05, 0) is 66.4 Å². The summed E-state index contributed by atoms with van der Waals surface area (Å²) in [5, 5.41) is 3.12. The van der Waals surface area contributed by atoms with Gasteiger partial charge in [-0.2, -0.15) is 0 Å². The smallest absolute Gasteiger partial charge is 0.264 e. The number of hydrogen-bond acceptors (Lipinski definition) is 4. The highest BCUT2D eigenvalue weighted by molar-refractivity contribution is 7.92. The minimum absolute atomic E-state index is 0.00942. The molecule has 7 nitrogen and oxygen atoms in total. The molecule has 0 saturated carbocycles. The van der Waals surface area contributed by atoms with Gasteiger partial charge in [0, 0.05) is 25.0 Å². The Hall–Kier alpha value is -4.14. The highest BCUT2D eigenvalue weighted by Gasteiger charge is 2.34. The van der Waals surface area contributed by atoms with Crippen LogP contribution in [0.3, 0.4) is 0 Å². The molecule has 0 spiro atoms. The molecule has 0 fully saturated rings. The lowest BCUT2D eigenvalue weighted by atomic mass is 10.0. The van der Waals surface area contributed by atoms with E-state index in [-0.39, 0.29) is 23.8 Å². The topological polar surface area (TPSA) is 86.8 Å². The number of halogens is 1. The number of carbonyl (C=O) groups is 2. The largest absolute Gasteiger partial charge is 0.357 e. The minimum atomic E-state index is -4.15. The molecule has 0 saturated heterocycles. The Morgan fingerprint density at radius 1 is 0.833 bits per heavy atom. The number of sulfonamides is 1. The standard InChI is InChI=1S/C33H34ClN3O4S/c1-24-18-25(2)20-28(19-24)37(42(40,41)29-15-8-5-9-16-29)23-32(38)36(22-27-14-10-11-17-30(27)34)31(33(39)35-3)21-26-12-6-4-7-13-26/h4-20,31H,21-23H2,1-3H3,(H,35,39)/t31-/m1/s1. The molecule has 0 unspecified atom stereocenters. The predicted molar refractivity (Wildman–Crippen MR) is 167 cm³/mol. The van der Waals surface area contributed by atoms with E-state index in [0.717, 1.165) is 21.0 Å². The van der Waals surface area contributed by atoms with Crippen molar-refractivity contribution in [3.05, 3.63) is 130 Å². The zero-order chi connectivity index (χ0) is 30.3. The average molecular weight is 604 g/mol. The third-order valence-corrected chi connectivity index (χ3v) is 9.08. The number of amides is 2. The maximum Gasteiger partial charge on any atom is 0.264 e. The molecule has 0 aromatic heterocycles. The van der Waals surface area contributed by atoms with Gasteiger partial charge in [-0.25, -0.2) is 8.42 Å². The molecule has 1 N–H and O–H groups in total. The first-order valence-corrected chi connectivity index (χ1v) is 15.4. The van der Waals surface area contributed by atoms with E-state index in [1.165, 1.54) is 24.1 Å². The quantitative estimate of drug-likeness (QED) is 0.244. The fourth-order valence-corrected chi connectivity index (χ4v) is 6.49. The summed E-state index contributed by atoms with van der Waals surface area (Å²) in [6, 6.07) is 28.9. The van der Waals surface area contributed by atoms with Crippen LogP contribution in [0.4, 0.5) is 5.69 Å². The summed E-state index contributed by atoms with van der Waals surface area (Å²) in [6.07, 6.45) is 0.228. The van der Waals surface area contributed by atoms with Gasteiger partial charge in [-0.1, -0.05) is 84.4 Å². The molecule has 0 aliphatic rings. The van der Waals surface area contributed by atoms with Crippen LogP contribution in [0.5, 0.6) is 0 Å². The molecule has 4 aromatic rings. The summed E-state index contributed by atoms with van der Waals surface area (Å²) in [7, 11) is -2.63. The van der Waals surface area contributed by atoms with E-state index in [1.807, 2.05) is 50.2 Å². The number of rotatable bonds is 11. The number of nitrogens with zero attached hydrogens (tertiary/aromatic N) is 2. The lowest BCUT2D eigenvalue weighted by molar-refractivity contribution is -0.139. The van der Waals surface area contributed by atoms with Crippen molar-refractivity contribution >= 4 is 39.1 Å². The molecule has 0 aliphatic heterocycles. The summed E-state index contributed by atoms with van der Waals surface area (Å²) in [5.74, 6) is -0.916. The number of carbonyl (C=O) groups excluding carboxylic acids is 2. The van der Waals surface area contributed by atoms with Crippen molar-refractivity contribution in [2.24, 2.45) is 0 Å². The van der Waals surface area contributed by atoms with Crippen LogP contribution in [0.15, 0.2) is 108 Å². The predicted octanol–water partition coefficient (Wildman–Crippen LogP) is 5.54. The van der Waals surface area contributed by atoms with Gasteiger partial charge in [0.05, 0.1) is 10.6 Å². The molecule has 2 amide bonds. The Balaban J connectivity index is 1.81. The second-order valence-electron chi connectivity index (χ2n) is 10.1. The third kappa shape index (κ3) is 7.38. The molecule has 0 bridgehead atoms. The number of aryl methyl sites for hydroxylation is 2. The van der Waals surface area contributed by atoms with E-state index >= 15 is 0 Å². The van der Waals surface area contributed by atoms with Gasteiger partial charge in [0.25, 0.3) is 10.0 Å². The highest BCUT2D eigenvalue weighted by atomic mass is 35.5. The normalized spacial score (nSPS) is 11.9. The molecule has 4 aromatic carbocycles. The molecule has 4 rings (SSSR count). The Morgan fingerprint density at radius 2 is 1.40 bits per heavy atom. The first-order valence-electron chi connectivity index (χ1n) is 13.5. The molecule has 0 radical (unpaired) electrons. The van der Waals surface area contributed by atoms with Crippen LogP contribution < -0.4 is 9.62 Å². The van der Waals surface area contributed by atoms with Crippen LogP contribution in [0.25, 0.3) is 0 Å². The monoisotopic (exact) mass is 603 g/mol. The second-order valence-corrected chi connectivity index (χ2v) is 12.4. The number of anilines is 1. The molecular weight excluding hydrogens is 570 g/mol. The van der Waals surface area contributed by atoms with Crippen molar-refractivity contribution in [2.75, 3.05) is 17.9 Å². The van der Waals surface area contributed by atoms with Crippen molar-refractivity contribution < 1.29 is 18.0 Å². The number of nitrogens with one attached hydrogen (secondary N) is 1. The van der Waals surface area contributed by atoms with E-state index in [2.05, 4.69) is 5.32 Å². The van der Waals surface area contributed by atoms with E-state index in [9.17, 15) is 18.0 Å². The molecule has 218 valence electrons. The van der Waals surface area contributed by atoms with Crippen molar-refractivity contribution in [3.63, 3.8) is 0 Å². The number of benzene rings is 4. The SMILES string of the molecule is CNC(=O)[C@@H](Cc1ccccc1)N(Cc1ccccc1Cl)C(=O)CN(c1cc(C)cc(C)c1)S(=O)(=O)c1ccccc1. The average Bonchev–Trinajstić information content (AvgIpc) is 2.98. The molecule has 42 heavy (non-hydrogen) atoms. The number of hydrogen-bond donors (Lipinski definition) is 1. The zero-order valence-electron chi connectivity index (χ0n) is 23.8. The van der Waals surface area contributed by atoms with Crippen molar-refractivity contribution in [3.8, 4) is 0 Å². The Bertz CT molecular complexity index is 1630. The summed E-state index contributed by atoms with van der Waals surface area (Å²) in [5.41, 5.74) is 3.56. The van der Waals surface area contributed by atoms with E-state index in [0.29, 0.717) is 16.3 Å². The van der Waals surface area contributed by atoms with Crippen LogP contribution in [0.2, 0.25) is 5.02 Å². The van der Waals surface area contributed by atoms with Gasteiger partial charge in [-0.3, -0.25) is 13.9 Å². The maximum absolute atomic E-state index is 14.3. The van der Waals surface area contributed by atoms with Crippen LogP contribution >= 0.6 is 11.6 Å². The van der Waals surface area contributed by atoms with Crippen LogP contribution in [-0.4, -0.2) is 44.8 Å². The Morgan fingerprint density at radius 3 is 2.00 bits per heavy atom. The molecule has 1 atom stereocenters. The Labute approximate surface area is 252 Å². The lowest BCUT2D eigenvalue weighted by Gasteiger charge is -2.34. The number of likely N-dealkylation sites (N-methyl/N-ethyl adjacent to an activating group) is 1. The van der Waals surface area contributed by atoms with Crippen LogP contribution in [0.1, 0.15) is 22.3 Å². The van der Waals surface area contributed by atoms with Crippen molar-refractivity contribution in [1.82, 2.24) is 10.2 Å². The highest BCUT2D eigenvalue weighted by Crippen LogP contribution is 2.27. The fraction of sp³-hybridized carbons (Fsp3) is 0.212. The second kappa shape index (κ2) is 13.7. The summed E-state index contributed by atoms with van der Waals surface area (Å²) >= 11 is 6.50. The van der Waals surface area contributed by atoms with E-state index in [4.69, 9.17) is 11.6 Å². The van der Waals surface area contributed by atoms with Gasteiger partial charge >= 0.3 is 0 Å². The van der Waals surface area contributed by atoms with Crippen molar-refractivity contribution in [2.45, 2.75) is 37.8 Å². The maximum atomic E-state index is 14.3. The van der Waals surface area contributed by atoms with E-state index < -0.39 is 28.5 Å². The van der Waals surface area contributed by atoms with Gasteiger partial charge in [-0.15, -0.1) is 0 Å². The Kier molecular flexibility index (Phi) is 10.0. The summed E-state index contributed by atoms with van der Waals surface area (Å²) in [4.78, 5) is 29.1. The first kappa shape index (κ1) is 30.8. The van der Waals surface area contributed by atoms with Crippen molar-refractivity contribution in [1.29, 1.82) is 0 Å². The van der Waals surface area contributed by atoms with Gasteiger partial charge in [0.15, 0.2) is 0 Å². The van der Waals surface area contributed by atoms with Crippen LogP contribution in [-0.2, 0) is 32.6 Å². The molecule has 0 aliphatic carbocycles. The van der Waals surface area contributed by atoms with E-state index in [1.54, 1.807) is 54.6 Å². The van der Waals surface area contributed by atoms with Gasteiger partial charge in [0.1, 0.15) is 12.6 Å².